The first-order valence-electron chi connectivity index (χ1n) is 10.1. The Morgan fingerprint density at radius 2 is 0.909 bits per heavy atom. The Hall–Kier alpha value is -0.0800. The van der Waals surface area contributed by atoms with Crippen LogP contribution in [-0.4, -0.2) is 25.4 Å². The van der Waals surface area contributed by atoms with Crippen molar-refractivity contribution in [3.8, 4) is 0 Å². The predicted molar refractivity (Wildman–Crippen MR) is 95.5 cm³/mol. The molecule has 0 spiro atoms. The average molecular weight is 313 g/mol. The number of unbranched alkanes of at least 4 members (excludes halogenated alkanes) is 8. The first kappa shape index (κ1) is 20.0. The van der Waals surface area contributed by atoms with Crippen LogP contribution in [-0.2, 0) is 9.47 Å². The number of hydrogen-bond acceptors (Lipinski definition) is 2. The van der Waals surface area contributed by atoms with Crippen LogP contribution in [0.3, 0.4) is 0 Å². The predicted octanol–water partition coefficient (Wildman–Crippen LogP) is 6.27. The zero-order chi connectivity index (χ0) is 15.9. The highest BCUT2D eigenvalue weighted by atomic mass is 16.5. The molecule has 0 aliphatic heterocycles. The molecule has 0 aromatic heterocycles. The van der Waals surface area contributed by atoms with E-state index in [0.717, 1.165) is 13.2 Å². The van der Waals surface area contributed by atoms with E-state index in [9.17, 15) is 0 Å². The van der Waals surface area contributed by atoms with Crippen LogP contribution in [0.25, 0.3) is 0 Å². The van der Waals surface area contributed by atoms with Gasteiger partial charge in [0, 0.05) is 13.2 Å². The molecule has 0 aromatic rings. The van der Waals surface area contributed by atoms with E-state index in [1.165, 1.54) is 89.9 Å². The van der Waals surface area contributed by atoms with Gasteiger partial charge in [0.25, 0.3) is 0 Å². The topological polar surface area (TPSA) is 18.5 Å². The lowest BCUT2D eigenvalue weighted by molar-refractivity contribution is -0.0327. The van der Waals surface area contributed by atoms with E-state index in [0.29, 0.717) is 12.2 Å². The lowest BCUT2D eigenvalue weighted by Gasteiger charge is -2.28. The summed E-state index contributed by atoms with van der Waals surface area (Å²) in [6, 6.07) is 0. The van der Waals surface area contributed by atoms with Gasteiger partial charge in [-0.15, -0.1) is 0 Å². The van der Waals surface area contributed by atoms with Gasteiger partial charge < -0.3 is 9.47 Å². The maximum Gasteiger partial charge on any atom is 0.0577 e. The fourth-order valence-corrected chi connectivity index (χ4v) is 3.28. The molecule has 1 rings (SSSR count). The van der Waals surface area contributed by atoms with Crippen molar-refractivity contribution in [1.29, 1.82) is 0 Å². The maximum absolute atomic E-state index is 6.03. The molecule has 22 heavy (non-hydrogen) atoms. The minimum absolute atomic E-state index is 0.510. The van der Waals surface area contributed by atoms with Crippen molar-refractivity contribution in [3.63, 3.8) is 0 Å². The number of rotatable bonds is 14. The molecule has 2 heteroatoms. The molecule has 0 aromatic carbocycles. The van der Waals surface area contributed by atoms with Crippen LogP contribution in [0.4, 0.5) is 0 Å². The van der Waals surface area contributed by atoms with Crippen LogP contribution in [0, 0.1) is 0 Å². The minimum Gasteiger partial charge on any atom is -0.378 e. The van der Waals surface area contributed by atoms with Crippen molar-refractivity contribution in [2.75, 3.05) is 13.2 Å². The van der Waals surface area contributed by atoms with Gasteiger partial charge in [-0.2, -0.15) is 0 Å². The third-order valence-electron chi connectivity index (χ3n) is 4.82. The quantitative estimate of drug-likeness (QED) is 0.352. The summed E-state index contributed by atoms with van der Waals surface area (Å²) in [6.07, 6.45) is 19.1. The standard InChI is InChI=1S/C20H40O2/c1-3-5-7-9-11-17-21-19-13-15-20(16-14-19)22-18-12-10-8-6-4-2/h19-20H,3-18H2,1-2H3. The molecule has 0 bridgehead atoms. The van der Waals surface area contributed by atoms with E-state index in [1.54, 1.807) is 0 Å². The molecule has 132 valence electrons. The summed E-state index contributed by atoms with van der Waals surface area (Å²) < 4.78 is 12.1. The molecule has 0 saturated heterocycles. The van der Waals surface area contributed by atoms with Crippen molar-refractivity contribution in [3.05, 3.63) is 0 Å². The largest absolute Gasteiger partial charge is 0.378 e. The molecular weight excluding hydrogens is 272 g/mol. The summed E-state index contributed by atoms with van der Waals surface area (Å²) in [5.41, 5.74) is 0. The minimum atomic E-state index is 0.510. The molecule has 0 N–H and O–H groups in total. The van der Waals surface area contributed by atoms with Crippen LogP contribution in [0.2, 0.25) is 0 Å². The van der Waals surface area contributed by atoms with Crippen LogP contribution in [0.1, 0.15) is 104 Å². The second-order valence-electron chi connectivity index (χ2n) is 6.97. The Balaban J connectivity index is 1.88. The van der Waals surface area contributed by atoms with Crippen molar-refractivity contribution >= 4 is 0 Å². The molecule has 1 aliphatic rings. The van der Waals surface area contributed by atoms with Gasteiger partial charge >= 0.3 is 0 Å². The molecule has 0 unspecified atom stereocenters. The van der Waals surface area contributed by atoms with Crippen molar-refractivity contribution in [1.82, 2.24) is 0 Å². The summed E-state index contributed by atoms with van der Waals surface area (Å²) in [6.45, 7) is 6.47. The van der Waals surface area contributed by atoms with Crippen molar-refractivity contribution in [2.45, 2.75) is 116 Å². The zero-order valence-corrected chi connectivity index (χ0v) is 15.3. The summed E-state index contributed by atoms with van der Waals surface area (Å²) in [4.78, 5) is 0. The van der Waals surface area contributed by atoms with E-state index < -0.39 is 0 Å². The Bertz CT molecular complexity index is 198. The van der Waals surface area contributed by atoms with E-state index in [2.05, 4.69) is 13.8 Å². The second kappa shape index (κ2) is 14.5. The molecule has 1 fully saturated rings. The van der Waals surface area contributed by atoms with Gasteiger partial charge in [0.05, 0.1) is 12.2 Å². The Labute approximate surface area is 139 Å². The van der Waals surface area contributed by atoms with Crippen LogP contribution < -0.4 is 0 Å². The molecule has 1 aliphatic carbocycles. The molecule has 0 amide bonds. The molecular formula is C20H40O2. The molecule has 1 saturated carbocycles. The van der Waals surface area contributed by atoms with E-state index in [-0.39, 0.29) is 0 Å². The van der Waals surface area contributed by atoms with Gasteiger partial charge in [0.1, 0.15) is 0 Å². The fourth-order valence-electron chi connectivity index (χ4n) is 3.28. The zero-order valence-electron chi connectivity index (χ0n) is 15.3. The van der Waals surface area contributed by atoms with Gasteiger partial charge in [-0.25, -0.2) is 0 Å². The van der Waals surface area contributed by atoms with Crippen molar-refractivity contribution < 1.29 is 9.47 Å². The summed E-state index contributed by atoms with van der Waals surface area (Å²) in [7, 11) is 0. The van der Waals surface area contributed by atoms with E-state index >= 15 is 0 Å². The van der Waals surface area contributed by atoms with Gasteiger partial charge in [0.2, 0.25) is 0 Å². The smallest absolute Gasteiger partial charge is 0.0577 e. The number of ether oxygens (including phenoxy) is 2. The Morgan fingerprint density at radius 3 is 1.27 bits per heavy atom. The fraction of sp³-hybridized carbons (Fsp3) is 1.00. The molecule has 2 nitrogen and oxygen atoms in total. The van der Waals surface area contributed by atoms with Crippen LogP contribution in [0.15, 0.2) is 0 Å². The highest BCUT2D eigenvalue weighted by Crippen LogP contribution is 2.24. The summed E-state index contributed by atoms with van der Waals surface area (Å²) >= 11 is 0. The highest BCUT2D eigenvalue weighted by Gasteiger charge is 2.21. The lowest BCUT2D eigenvalue weighted by atomic mass is 9.95. The monoisotopic (exact) mass is 312 g/mol. The highest BCUT2D eigenvalue weighted by molar-refractivity contribution is 4.73. The molecule has 0 radical (unpaired) electrons. The van der Waals surface area contributed by atoms with Crippen molar-refractivity contribution in [2.24, 2.45) is 0 Å². The normalized spacial score (nSPS) is 22.1. The van der Waals surface area contributed by atoms with E-state index in [4.69, 9.17) is 9.47 Å². The second-order valence-corrected chi connectivity index (χ2v) is 6.97. The lowest BCUT2D eigenvalue weighted by Crippen LogP contribution is -2.27. The summed E-state index contributed by atoms with van der Waals surface area (Å²) in [5.74, 6) is 0. The average Bonchev–Trinajstić information content (AvgIpc) is 2.55. The van der Waals surface area contributed by atoms with Crippen LogP contribution in [0.5, 0.6) is 0 Å². The third kappa shape index (κ3) is 10.6. The summed E-state index contributed by atoms with van der Waals surface area (Å²) in [5, 5.41) is 0. The molecule has 0 heterocycles. The van der Waals surface area contributed by atoms with Gasteiger partial charge in [-0.1, -0.05) is 65.2 Å². The van der Waals surface area contributed by atoms with Gasteiger partial charge in [-0.3, -0.25) is 0 Å². The van der Waals surface area contributed by atoms with Gasteiger partial charge in [0.15, 0.2) is 0 Å². The van der Waals surface area contributed by atoms with Gasteiger partial charge in [-0.05, 0) is 38.5 Å². The first-order chi connectivity index (χ1) is 10.9. The van der Waals surface area contributed by atoms with Crippen LogP contribution >= 0.6 is 0 Å². The SMILES string of the molecule is CCCCCCCOC1CCC(OCCCCCCC)CC1. The first-order valence-corrected chi connectivity index (χ1v) is 10.1. The Kier molecular flexibility index (Phi) is 13.2. The molecule has 0 atom stereocenters. The third-order valence-corrected chi connectivity index (χ3v) is 4.82. The Morgan fingerprint density at radius 1 is 0.545 bits per heavy atom. The maximum atomic E-state index is 6.03. The number of hydrogen-bond donors (Lipinski definition) is 0. The van der Waals surface area contributed by atoms with E-state index in [1.807, 2.05) is 0 Å².